The quantitative estimate of drug-likeness (QED) is 0.485. The van der Waals surface area contributed by atoms with Gasteiger partial charge in [0.05, 0.1) is 17.6 Å². The van der Waals surface area contributed by atoms with Gasteiger partial charge in [-0.1, -0.05) is 54.6 Å². The van der Waals surface area contributed by atoms with Gasteiger partial charge >= 0.3 is 11.3 Å². The zero-order valence-electron chi connectivity index (χ0n) is 15.7. The summed E-state index contributed by atoms with van der Waals surface area (Å²) in [6, 6.07) is 26.4. The molecule has 30 heavy (non-hydrogen) atoms. The van der Waals surface area contributed by atoms with E-state index in [0.717, 1.165) is 6.21 Å². The van der Waals surface area contributed by atoms with Crippen LogP contribution in [0.1, 0.15) is 5.56 Å². The summed E-state index contributed by atoms with van der Waals surface area (Å²) in [5.41, 5.74) is 0.524. The largest absolute Gasteiger partial charge is 0.493 e. The Balaban J connectivity index is 1.77. The molecule has 0 saturated carbocycles. The maximum atomic E-state index is 13.1. The predicted octanol–water partition coefficient (Wildman–Crippen LogP) is 3.41. The van der Waals surface area contributed by atoms with Gasteiger partial charge in [-0.3, -0.25) is 4.79 Å². The Morgan fingerprint density at radius 3 is 1.87 bits per heavy atom. The molecule has 1 heterocycles. The van der Waals surface area contributed by atoms with Crippen LogP contribution >= 0.6 is 0 Å². The molecule has 8 heteroatoms. The van der Waals surface area contributed by atoms with Gasteiger partial charge in [-0.2, -0.15) is 8.61 Å². The standard InChI is InChI=1S/C22H17N3O4S/c26-21-20(16-23-30(28)29-19-14-8-3-9-15-19)22(27)25(18-12-6-2-7-13-18)24(21)17-10-4-1-5-11-17/h1-16,26H. The lowest BCUT2D eigenvalue weighted by molar-refractivity contribution is 0.425. The Morgan fingerprint density at radius 2 is 1.30 bits per heavy atom. The maximum Gasteiger partial charge on any atom is 0.338 e. The van der Waals surface area contributed by atoms with Crippen LogP contribution in [0.3, 0.4) is 0 Å². The number of para-hydroxylation sites is 3. The van der Waals surface area contributed by atoms with Crippen LogP contribution in [0.5, 0.6) is 11.6 Å². The minimum absolute atomic E-state index is 0.104. The van der Waals surface area contributed by atoms with Crippen molar-refractivity contribution >= 4 is 17.5 Å². The van der Waals surface area contributed by atoms with Crippen molar-refractivity contribution in [1.82, 2.24) is 9.36 Å². The molecule has 0 bridgehead atoms. The molecule has 3 aromatic carbocycles. The molecule has 0 aliphatic carbocycles. The maximum absolute atomic E-state index is 13.1. The molecule has 1 aromatic heterocycles. The Labute approximate surface area is 174 Å². The number of benzene rings is 3. The fourth-order valence-corrected chi connectivity index (χ4v) is 3.42. The molecule has 150 valence electrons. The third-order valence-electron chi connectivity index (χ3n) is 4.24. The van der Waals surface area contributed by atoms with Crippen LogP contribution in [0.4, 0.5) is 0 Å². The lowest BCUT2D eigenvalue weighted by atomic mass is 10.3. The number of nitrogens with zero attached hydrogens (tertiary/aromatic N) is 3. The van der Waals surface area contributed by atoms with Crippen LogP contribution in [0, 0.1) is 0 Å². The van der Waals surface area contributed by atoms with E-state index in [1.54, 1.807) is 78.9 Å². The molecule has 0 aliphatic rings. The van der Waals surface area contributed by atoms with E-state index >= 15 is 0 Å². The number of aromatic nitrogens is 2. The predicted molar refractivity (Wildman–Crippen MR) is 116 cm³/mol. The smallest absolute Gasteiger partial charge is 0.338 e. The van der Waals surface area contributed by atoms with Gasteiger partial charge in [0.25, 0.3) is 5.56 Å². The molecule has 7 nitrogen and oxygen atoms in total. The third kappa shape index (κ3) is 3.94. The van der Waals surface area contributed by atoms with Crippen molar-refractivity contribution in [3.63, 3.8) is 0 Å². The molecular formula is C22H17N3O4S. The highest BCUT2D eigenvalue weighted by molar-refractivity contribution is 7.79. The van der Waals surface area contributed by atoms with Crippen LogP contribution in [-0.4, -0.2) is 24.9 Å². The summed E-state index contributed by atoms with van der Waals surface area (Å²) in [4.78, 5) is 13.1. The van der Waals surface area contributed by atoms with Crippen LogP contribution in [0.2, 0.25) is 0 Å². The van der Waals surface area contributed by atoms with Crippen molar-refractivity contribution in [3.05, 3.63) is 107 Å². The van der Waals surface area contributed by atoms with Gasteiger partial charge in [0, 0.05) is 0 Å². The van der Waals surface area contributed by atoms with Gasteiger partial charge in [-0.05, 0) is 36.4 Å². The fourth-order valence-electron chi connectivity index (χ4n) is 2.91. The zero-order valence-corrected chi connectivity index (χ0v) is 16.5. The molecular weight excluding hydrogens is 402 g/mol. The van der Waals surface area contributed by atoms with Crippen LogP contribution in [0.15, 0.2) is 100 Å². The van der Waals surface area contributed by atoms with Crippen LogP contribution in [0.25, 0.3) is 11.4 Å². The highest BCUT2D eigenvalue weighted by atomic mass is 32.2. The minimum Gasteiger partial charge on any atom is -0.493 e. The molecule has 1 atom stereocenters. The van der Waals surface area contributed by atoms with Crippen molar-refractivity contribution in [1.29, 1.82) is 0 Å². The number of hydrogen-bond acceptors (Lipinski definition) is 4. The first-order valence-electron chi connectivity index (χ1n) is 9.02. The molecule has 4 rings (SSSR count). The minimum atomic E-state index is -2.07. The van der Waals surface area contributed by atoms with Gasteiger partial charge in [0.1, 0.15) is 11.3 Å². The summed E-state index contributed by atoms with van der Waals surface area (Å²) >= 11 is -2.07. The first kappa shape index (κ1) is 19.4. The Kier molecular flexibility index (Phi) is 5.58. The van der Waals surface area contributed by atoms with Crippen LogP contribution in [-0.2, 0) is 11.3 Å². The van der Waals surface area contributed by atoms with E-state index in [0.29, 0.717) is 17.1 Å². The van der Waals surface area contributed by atoms with E-state index in [2.05, 4.69) is 4.40 Å². The molecule has 0 fully saturated rings. The number of hydrogen-bond donors (Lipinski definition) is 1. The summed E-state index contributed by atoms with van der Waals surface area (Å²) in [7, 11) is 0. The average molecular weight is 419 g/mol. The second-order valence-corrected chi connectivity index (χ2v) is 7.00. The van der Waals surface area contributed by atoms with Gasteiger partial charge in [0.2, 0.25) is 5.88 Å². The van der Waals surface area contributed by atoms with Crippen molar-refractivity contribution < 1.29 is 13.5 Å². The van der Waals surface area contributed by atoms with E-state index in [4.69, 9.17) is 4.18 Å². The summed E-state index contributed by atoms with van der Waals surface area (Å²) in [6.45, 7) is 0. The molecule has 1 N–H and O–H groups in total. The highest BCUT2D eigenvalue weighted by Crippen LogP contribution is 2.22. The second-order valence-electron chi connectivity index (χ2n) is 6.19. The van der Waals surface area contributed by atoms with E-state index < -0.39 is 16.8 Å². The zero-order chi connectivity index (χ0) is 20.9. The Hall–Kier alpha value is -3.91. The van der Waals surface area contributed by atoms with E-state index in [1.807, 2.05) is 12.1 Å². The van der Waals surface area contributed by atoms with Crippen molar-refractivity contribution in [2.75, 3.05) is 0 Å². The Morgan fingerprint density at radius 1 is 0.800 bits per heavy atom. The normalized spacial score (nSPS) is 12.1. The summed E-state index contributed by atoms with van der Waals surface area (Å²) in [5, 5.41) is 10.8. The SMILES string of the molecule is O=c1c(C=NS(=O)Oc2ccccc2)c(O)n(-c2ccccc2)n1-c1ccccc1. The molecule has 0 aliphatic heterocycles. The van der Waals surface area contributed by atoms with E-state index in [9.17, 15) is 14.1 Å². The van der Waals surface area contributed by atoms with Gasteiger partial charge in [-0.15, -0.1) is 0 Å². The van der Waals surface area contributed by atoms with E-state index in [-0.39, 0.29) is 11.4 Å². The lowest BCUT2D eigenvalue weighted by Crippen LogP contribution is -2.21. The van der Waals surface area contributed by atoms with Gasteiger partial charge in [-0.25, -0.2) is 9.36 Å². The second kappa shape index (κ2) is 8.62. The topological polar surface area (TPSA) is 85.8 Å². The number of aromatic hydroxyl groups is 1. The monoisotopic (exact) mass is 419 g/mol. The molecule has 0 spiro atoms. The van der Waals surface area contributed by atoms with E-state index in [1.165, 1.54) is 9.36 Å². The van der Waals surface area contributed by atoms with Crippen molar-refractivity contribution in [2.45, 2.75) is 0 Å². The summed E-state index contributed by atoms with van der Waals surface area (Å²) in [6.07, 6.45) is 1.07. The molecule has 4 aromatic rings. The highest BCUT2D eigenvalue weighted by Gasteiger charge is 2.21. The summed E-state index contributed by atoms with van der Waals surface area (Å²) < 4.78 is 23.8. The number of rotatable bonds is 6. The fraction of sp³-hybridized carbons (Fsp3) is 0. The first-order valence-corrected chi connectivity index (χ1v) is 10.1. The first-order chi connectivity index (χ1) is 14.6. The summed E-state index contributed by atoms with van der Waals surface area (Å²) in [5.74, 6) is 0.0521. The van der Waals surface area contributed by atoms with Gasteiger partial charge in [0.15, 0.2) is 0 Å². The molecule has 0 radical (unpaired) electrons. The molecule has 0 amide bonds. The third-order valence-corrected chi connectivity index (χ3v) is 4.86. The van der Waals surface area contributed by atoms with Crippen molar-refractivity contribution in [2.24, 2.45) is 4.40 Å². The van der Waals surface area contributed by atoms with Crippen molar-refractivity contribution in [3.8, 4) is 23.0 Å². The molecule has 1 unspecified atom stereocenters. The van der Waals surface area contributed by atoms with Crippen LogP contribution < -0.4 is 9.74 Å². The molecule has 0 saturated heterocycles. The van der Waals surface area contributed by atoms with Gasteiger partial charge < -0.3 is 9.29 Å². The lowest BCUT2D eigenvalue weighted by Gasteiger charge is -2.12. The average Bonchev–Trinajstić information content (AvgIpc) is 3.04. The Bertz CT molecular complexity index is 1250.